The van der Waals surface area contributed by atoms with Gasteiger partial charge in [0, 0.05) is 6.42 Å². The molecule has 0 amide bonds. The van der Waals surface area contributed by atoms with Crippen LogP contribution in [0.5, 0.6) is 0 Å². The van der Waals surface area contributed by atoms with Crippen molar-refractivity contribution >= 4 is 5.97 Å². The van der Waals surface area contributed by atoms with Crippen molar-refractivity contribution in [2.24, 2.45) is 0 Å². The smallest absolute Gasteiger partial charge is 0.305 e. The fraction of sp³-hybridized carbons (Fsp3) is 0.833. The highest BCUT2D eigenvalue weighted by molar-refractivity contribution is 5.68. The van der Waals surface area contributed by atoms with E-state index in [-0.39, 0.29) is 25.6 Å². The fourth-order valence-corrected chi connectivity index (χ4v) is 0.404. The summed E-state index contributed by atoms with van der Waals surface area (Å²) in [5, 5.41) is 16.5. The van der Waals surface area contributed by atoms with E-state index in [9.17, 15) is 4.79 Å². The summed E-state index contributed by atoms with van der Waals surface area (Å²) < 4.78 is 4.55. The Morgan fingerprint density at radius 1 is 1.64 bits per heavy atom. The molecule has 11 heavy (non-hydrogen) atoms. The third-order valence-corrected chi connectivity index (χ3v) is 1.07. The Labute approximate surface area is 64.5 Å². The molecular formula is C6H12O5. The molecule has 0 fully saturated rings. The zero-order chi connectivity index (χ0) is 8.69. The molecular weight excluding hydrogens is 152 g/mol. The molecule has 0 radical (unpaired) electrons. The highest BCUT2D eigenvalue weighted by Gasteiger charge is 2.09. The topological polar surface area (TPSA) is 76.0 Å². The minimum Gasteiger partial charge on any atom is -0.463 e. The zero-order valence-corrected chi connectivity index (χ0v) is 6.32. The largest absolute Gasteiger partial charge is 0.463 e. The predicted molar refractivity (Wildman–Crippen MR) is 35.8 cm³/mol. The van der Waals surface area contributed by atoms with Crippen LogP contribution in [0.25, 0.3) is 0 Å². The third kappa shape index (κ3) is 4.72. The minimum absolute atomic E-state index is 0.125. The lowest BCUT2D eigenvalue weighted by Gasteiger charge is -2.09. The monoisotopic (exact) mass is 164 g/mol. The molecule has 0 saturated carbocycles. The van der Waals surface area contributed by atoms with Gasteiger partial charge < -0.3 is 9.84 Å². The zero-order valence-electron chi connectivity index (χ0n) is 6.32. The molecule has 5 nitrogen and oxygen atoms in total. The summed E-state index contributed by atoms with van der Waals surface area (Å²) in [6.45, 7) is 1.14. The Morgan fingerprint density at radius 2 is 2.27 bits per heavy atom. The van der Waals surface area contributed by atoms with Gasteiger partial charge in [-0.25, -0.2) is 4.89 Å². The van der Waals surface area contributed by atoms with Crippen molar-refractivity contribution in [1.82, 2.24) is 0 Å². The normalized spacial score (nSPS) is 12.6. The van der Waals surface area contributed by atoms with E-state index in [1.165, 1.54) is 0 Å². The Balaban J connectivity index is 3.42. The van der Waals surface area contributed by atoms with Crippen LogP contribution < -0.4 is 0 Å². The quantitative estimate of drug-likeness (QED) is 0.334. The lowest BCUT2D eigenvalue weighted by molar-refractivity contribution is -0.291. The number of aliphatic hydroxyl groups is 1. The summed E-state index contributed by atoms with van der Waals surface area (Å²) in [7, 11) is 0. The summed E-state index contributed by atoms with van der Waals surface area (Å²) in [6, 6.07) is 0. The van der Waals surface area contributed by atoms with E-state index in [1.807, 2.05) is 0 Å². The number of carbonyl (C=O) groups is 1. The second-order valence-electron chi connectivity index (χ2n) is 1.95. The predicted octanol–water partition coefficient (Wildman–Crippen LogP) is -0.210. The lowest BCUT2D eigenvalue weighted by atomic mass is 10.4. The lowest BCUT2D eigenvalue weighted by Crippen LogP contribution is -2.24. The molecule has 66 valence electrons. The Morgan fingerprint density at radius 3 is 2.64 bits per heavy atom. The molecule has 0 aromatic carbocycles. The molecule has 0 saturated heterocycles. The molecule has 5 heteroatoms. The molecule has 0 bridgehead atoms. The number of hydrogen-bond donors (Lipinski definition) is 2. The first kappa shape index (κ1) is 10.3. The number of aliphatic hydroxyl groups excluding tert-OH is 1. The molecule has 0 aromatic heterocycles. The van der Waals surface area contributed by atoms with Gasteiger partial charge in [0.2, 0.25) is 0 Å². The van der Waals surface area contributed by atoms with Crippen LogP contribution >= 0.6 is 0 Å². The molecule has 0 aliphatic carbocycles. The van der Waals surface area contributed by atoms with Crippen molar-refractivity contribution < 1.29 is 24.8 Å². The van der Waals surface area contributed by atoms with Gasteiger partial charge >= 0.3 is 5.97 Å². The average molecular weight is 164 g/mol. The van der Waals surface area contributed by atoms with Crippen molar-refractivity contribution in [3.8, 4) is 0 Å². The number of hydrogen-bond acceptors (Lipinski definition) is 5. The Kier molecular flexibility index (Phi) is 5.73. The van der Waals surface area contributed by atoms with Gasteiger partial charge in [0.25, 0.3) is 0 Å². The van der Waals surface area contributed by atoms with Gasteiger partial charge in [0.05, 0.1) is 6.61 Å². The van der Waals surface area contributed by atoms with Crippen molar-refractivity contribution in [2.45, 2.75) is 19.4 Å². The maximum absolute atomic E-state index is 10.5. The first-order chi connectivity index (χ1) is 5.24. The molecule has 0 spiro atoms. The highest BCUT2D eigenvalue weighted by atomic mass is 17.1. The van der Waals surface area contributed by atoms with Crippen LogP contribution in [0.4, 0.5) is 0 Å². The minimum atomic E-state index is -0.842. The van der Waals surface area contributed by atoms with Crippen LogP contribution in [0.1, 0.15) is 13.3 Å². The van der Waals surface area contributed by atoms with Crippen molar-refractivity contribution in [2.75, 3.05) is 13.2 Å². The number of rotatable bonds is 5. The number of esters is 1. The van der Waals surface area contributed by atoms with E-state index in [1.54, 1.807) is 6.92 Å². The third-order valence-electron chi connectivity index (χ3n) is 1.07. The van der Waals surface area contributed by atoms with E-state index in [4.69, 9.17) is 10.4 Å². The van der Waals surface area contributed by atoms with Gasteiger partial charge in [-0.2, -0.15) is 0 Å². The molecule has 1 unspecified atom stereocenters. The second kappa shape index (κ2) is 6.09. The van der Waals surface area contributed by atoms with Crippen molar-refractivity contribution in [3.05, 3.63) is 0 Å². The molecule has 1 atom stereocenters. The number of ether oxygens (including phenoxy) is 1. The SMILES string of the molecule is CCC(=O)OCC(CO)OO. The van der Waals surface area contributed by atoms with Gasteiger partial charge in [0.15, 0.2) is 0 Å². The Bertz CT molecular complexity index is 110. The summed E-state index contributed by atoms with van der Waals surface area (Å²) in [6.07, 6.45) is -0.575. The van der Waals surface area contributed by atoms with E-state index in [0.717, 1.165) is 0 Å². The second-order valence-corrected chi connectivity index (χ2v) is 1.95. The van der Waals surface area contributed by atoms with E-state index in [0.29, 0.717) is 0 Å². The summed E-state index contributed by atoms with van der Waals surface area (Å²) in [4.78, 5) is 14.3. The molecule has 0 heterocycles. The van der Waals surface area contributed by atoms with Crippen LogP contribution in [0, 0.1) is 0 Å². The van der Waals surface area contributed by atoms with E-state index >= 15 is 0 Å². The molecule has 0 aliphatic heterocycles. The maximum atomic E-state index is 10.5. The Hall–Kier alpha value is -0.650. The summed E-state index contributed by atoms with van der Waals surface area (Å²) in [5.41, 5.74) is 0. The average Bonchev–Trinajstić information content (AvgIpc) is 2.06. The van der Waals surface area contributed by atoms with Crippen molar-refractivity contribution in [1.29, 1.82) is 0 Å². The number of carbonyl (C=O) groups excluding carboxylic acids is 1. The van der Waals surface area contributed by atoms with Crippen LogP contribution in [0.3, 0.4) is 0 Å². The first-order valence-corrected chi connectivity index (χ1v) is 3.31. The molecule has 0 rings (SSSR count). The standard InChI is InChI=1S/C6H12O5/c1-2-6(8)10-4-5(3-7)11-9/h5,7,9H,2-4H2,1H3. The highest BCUT2D eigenvalue weighted by Crippen LogP contribution is 1.91. The molecule has 2 N–H and O–H groups in total. The van der Waals surface area contributed by atoms with Gasteiger partial charge in [0.1, 0.15) is 12.7 Å². The molecule has 0 aliphatic rings. The van der Waals surface area contributed by atoms with Gasteiger partial charge in [-0.05, 0) is 0 Å². The van der Waals surface area contributed by atoms with Gasteiger partial charge in [-0.3, -0.25) is 10.1 Å². The van der Waals surface area contributed by atoms with Crippen LogP contribution in [-0.2, 0) is 14.4 Å². The maximum Gasteiger partial charge on any atom is 0.305 e. The first-order valence-electron chi connectivity index (χ1n) is 3.31. The fourth-order valence-electron chi connectivity index (χ4n) is 0.404. The van der Waals surface area contributed by atoms with Crippen molar-refractivity contribution in [3.63, 3.8) is 0 Å². The van der Waals surface area contributed by atoms with E-state index < -0.39 is 6.10 Å². The van der Waals surface area contributed by atoms with Gasteiger partial charge in [-0.1, -0.05) is 6.92 Å². The summed E-state index contributed by atoms with van der Waals surface area (Å²) >= 11 is 0. The van der Waals surface area contributed by atoms with Crippen LogP contribution in [0.2, 0.25) is 0 Å². The molecule has 0 aromatic rings. The summed E-state index contributed by atoms with van der Waals surface area (Å²) in [5.74, 6) is -0.388. The van der Waals surface area contributed by atoms with E-state index in [2.05, 4.69) is 9.62 Å². The van der Waals surface area contributed by atoms with Crippen LogP contribution in [0.15, 0.2) is 0 Å². The van der Waals surface area contributed by atoms with Crippen LogP contribution in [-0.4, -0.2) is 35.7 Å². The van der Waals surface area contributed by atoms with Gasteiger partial charge in [-0.15, -0.1) is 0 Å².